The van der Waals surface area contributed by atoms with Crippen molar-refractivity contribution in [1.82, 2.24) is 9.78 Å². The summed E-state index contributed by atoms with van der Waals surface area (Å²) in [5, 5.41) is 4.50. The third-order valence-electron chi connectivity index (χ3n) is 3.96. The Morgan fingerprint density at radius 1 is 1.37 bits per heavy atom. The highest BCUT2D eigenvalue weighted by molar-refractivity contribution is 6.76. The lowest BCUT2D eigenvalue weighted by molar-refractivity contribution is 0.0746. The first-order chi connectivity index (χ1) is 8.77. The van der Waals surface area contributed by atoms with Crippen molar-refractivity contribution in [3.8, 4) is 0 Å². The molecule has 0 fully saturated rings. The second kappa shape index (κ2) is 5.41. The van der Waals surface area contributed by atoms with Gasteiger partial charge in [0, 0.05) is 20.4 Å². The highest BCUT2D eigenvalue weighted by Crippen LogP contribution is 2.34. The molecule has 19 heavy (non-hydrogen) atoms. The van der Waals surface area contributed by atoms with Gasteiger partial charge in [0.05, 0.1) is 6.20 Å². The van der Waals surface area contributed by atoms with E-state index < -0.39 is 8.07 Å². The van der Waals surface area contributed by atoms with Crippen LogP contribution in [0.15, 0.2) is 6.20 Å². The summed E-state index contributed by atoms with van der Waals surface area (Å²) in [7, 11) is -0.985. The predicted molar refractivity (Wildman–Crippen MR) is 82.1 cm³/mol. The minimum atomic E-state index is -0.985. The monoisotopic (exact) mass is 280 g/mol. The summed E-state index contributed by atoms with van der Waals surface area (Å²) in [5.74, 6) is 0. The fourth-order valence-corrected chi connectivity index (χ4v) is 3.28. The number of hydrogen-bond donors (Lipinski definition) is 0. The topological polar surface area (TPSA) is 27.1 Å². The van der Waals surface area contributed by atoms with E-state index in [-0.39, 0.29) is 0 Å². The van der Waals surface area contributed by atoms with Crippen LogP contribution in [-0.4, -0.2) is 24.5 Å². The smallest absolute Gasteiger partial charge is 0.139 e. The Balaban J connectivity index is 1.90. The molecule has 4 heteroatoms. The van der Waals surface area contributed by atoms with Crippen LogP contribution in [-0.2, 0) is 24.3 Å². The summed E-state index contributed by atoms with van der Waals surface area (Å²) < 4.78 is 7.89. The first-order valence-corrected chi connectivity index (χ1v) is 11.1. The lowest BCUT2D eigenvalue weighted by Gasteiger charge is -2.29. The number of fused-ring (bicyclic) bond motifs is 1. The number of aromatic nitrogens is 2. The van der Waals surface area contributed by atoms with Gasteiger partial charge >= 0.3 is 0 Å². The van der Waals surface area contributed by atoms with Gasteiger partial charge in [0.1, 0.15) is 6.73 Å². The van der Waals surface area contributed by atoms with Crippen LogP contribution in [0.25, 0.3) is 0 Å². The quantitative estimate of drug-likeness (QED) is 0.607. The minimum absolute atomic E-state index is 0.406. The van der Waals surface area contributed by atoms with Gasteiger partial charge in [-0.05, 0) is 36.3 Å². The first kappa shape index (κ1) is 14.8. The fraction of sp³-hybridized carbons (Fsp3) is 0.800. The van der Waals surface area contributed by atoms with E-state index in [0.717, 1.165) is 19.4 Å². The van der Waals surface area contributed by atoms with E-state index in [0.29, 0.717) is 12.1 Å². The Kier molecular flexibility index (Phi) is 4.21. The van der Waals surface area contributed by atoms with E-state index in [1.54, 1.807) is 0 Å². The van der Waals surface area contributed by atoms with Crippen molar-refractivity contribution in [2.75, 3.05) is 6.61 Å². The molecule has 2 rings (SSSR count). The zero-order valence-corrected chi connectivity index (χ0v) is 14.1. The molecule has 1 aromatic heterocycles. The van der Waals surface area contributed by atoms with Crippen LogP contribution < -0.4 is 0 Å². The van der Waals surface area contributed by atoms with E-state index in [9.17, 15) is 0 Å². The van der Waals surface area contributed by atoms with Crippen molar-refractivity contribution in [1.29, 1.82) is 0 Å². The summed E-state index contributed by atoms with van der Waals surface area (Å²) in [6.07, 6.45) is 5.59. The van der Waals surface area contributed by atoms with Gasteiger partial charge in [0.15, 0.2) is 0 Å². The molecule has 0 spiro atoms. The lowest BCUT2D eigenvalue weighted by Crippen LogP contribution is -2.25. The SMILES string of the molecule is CC1(C)CCc2cnn(COCC[Si](C)(C)C)c2C1. The maximum atomic E-state index is 5.82. The first-order valence-electron chi connectivity index (χ1n) is 7.38. The second-order valence-electron chi connectivity index (χ2n) is 7.81. The molecule has 0 saturated heterocycles. The predicted octanol–water partition coefficient (Wildman–Crippen LogP) is 3.71. The Bertz CT molecular complexity index is 432. The lowest BCUT2D eigenvalue weighted by atomic mass is 9.77. The molecule has 0 radical (unpaired) electrons. The van der Waals surface area contributed by atoms with Crippen molar-refractivity contribution in [3.63, 3.8) is 0 Å². The third-order valence-corrected chi connectivity index (χ3v) is 5.67. The van der Waals surface area contributed by atoms with Gasteiger partial charge in [0.2, 0.25) is 0 Å². The van der Waals surface area contributed by atoms with E-state index in [2.05, 4.69) is 43.3 Å². The summed E-state index contributed by atoms with van der Waals surface area (Å²) >= 11 is 0. The van der Waals surface area contributed by atoms with Gasteiger partial charge < -0.3 is 4.74 Å². The highest BCUT2D eigenvalue weighted by atomic mass is 28.3. The van der Waals surface area contributed by atoms with Crippen LogP contribution >= 0.6 is 0 Å². The molecule has 0 amide bonds. The molecule has 1 aliphatic carbocycles. The van der Waals surface area contributed by atoms with Crippen molar-refractivity contribution in [3.05, 3.63) is 17.5 Å². The Hall–Kier alpha value is -0.613. The minimum Gasteiger partial charge on any atom is -0.360 e. The number of nitrogens with zero attached hydrogens (tertiary/aromatic N) is 2. The molecular weight excluding hydrogens is 252 g/mol. The number of rotatable bonds is 5. The average molecular weight is 280 g/mol. The van der Waals surface area contributed by atoms with Crippen LogP contribution in [0.5, 0.6) is 0 Å². The molecule has 0 aromatic carbocycles. The van der Waals surface area contributed by atoms with Crippen LogP contribution in [0.1, 0.15) is 31.5 Å². The summed E-state index contributed by atoms with van der Waals surface area (Å²) in [6.45, 7) is 13.3. The van der Waals surface area contributed by atoms with Crippen molar-refractivity contribution in [2.45, 2.75) is 65.5 Å². The number of ether oxygens (including phenoxy) is 1. The average Bonchev–Trinajstić information content (AvgIpc) is 2.64. The fourth-order valence-electron chi connectivity index (χ4n) is 2.52. The molecule has 0 bridgehead atoms. The highest BCUT2D eigenvalue weighted by Gasteiger charge is 2.28. The molecule has 0 atom stereocenters. The van der Waals surface area contributed by atoms with Gasteiger partial charge in [-0.25, -0.2) is 4.68 Å². The standard InChI is InChI=1S/C15H28N2OSi/c1-15(2)7-6-13-11-16-17(14(13)10-15)12-18-8-9-19(3,4)5/h11H,6-10,12H2,1-5H3. The van der Waals surface area contributed by atoms with Gasteiger partial charge in [-0.1, -0.05) is 33.5 Å². The molecule has 1 heterocycles. The van der Waals surface area contributed by atoms with Gasteiger partial charge in [-0.15, -0.1) is 0 Å². The van der Waals surface area contributed by atoms with Crippen LogP contribution in [0.3, 0.4) is 0 Å². The van der Waals surface area contributed by atoms with Crippen LogP contribution in [0, 0.1) is 5.41 Å². The van der Waals surface area contributed by atoms with Gasteiger partial charge in [-0.3, -0.25) is 0 Å². The maximum Gasteiger partial charge on any atom is 0.139 e. The Morgan fingerprint density at radius 3 is 2.79 bits per heavy atom. The van der Waals surface area contributed by atoms with Crippen molar-refractivity contribution in [2.24, 2.45) is 5.41 Å². The van der Waals surface area contributed by atoms with Crippen LogP contribution in [0.2, 0.25) is 25.7 Å². The second-order valence-corrected chi connectivity index (χ2v) is 13.4. The molecule has 0 unspecified atom stereocenters. The van der Waals surface area contributed by atoms with Crippen LogP contribution in [0.4, 0.5) is 0 Å². The summed E-state index contributed by atoms with van der Waals surface area (Å²) in [6, 6.07) is 1.22. The summed E-state index contributed by atoms with van der Waals surface area (Å²) in [5.41, 5.74) is 3.22. The molecule has 0 N–H and O–H groups in total. The Morgan fingerprint density at radius 2 is 2.11 bits per heavy atom. The van der Waals surface area contributed by atoms with Crippen molar-refractivity contribution >= 4 is 8.07 Å². The molecule has 0 aliphatic heterocycles. The van der Waals surface area contributed by atoms with E-state index >= 15 is 0 Å². The molecule has 108 valence electrons. The largest absolute Gasteiger partial charge is 0.360 e. The normalized spacial score (nSPS) is 18.4. The zero-order chi connectivity index (χ0) is 14.1. The number of hydrogen-bond acceptors (Lipinski definition) is 2. The van der Waals surface area contributed by atoms with Gasteiger partial charge in [0.25, 0.3) is 0 Å². The van der Waals surface area contributed by atoms with Crippen molar-refractivity contribution < 1.29 is 4.74 Å². The van der Waals surface area contributed by atoms with E-state index in [1.165, 1.54) is 23.7 Å². The maximum absolute atomic E-state index is 5.82. The molecule has 3 nitrogen and oxygen atoms in total. The number of aryl methyl sites for hydroxylation is 1. The molecule has 0 saturated carbocycles. The van der Waals surface area contributed by atoms with E-state index in [4.69, 9.17) is 4.74 Å². The summed E-state index contributed by atoms with van der Waals surface area (Å²) in [4.78, 5) is 0. The van der Waals surface area contributed by atoms with Gasteiger partial charge in [-0.2, -0.15) is 5.10 Å². The molecule has 1 aliphatic rings. The third kappa shape index (κ3) is 4.18. The zero-order valence-electron chi connectivity index (χ0n) is 13.1. The van der Waals surface area contributed by atoms with E-state index in [1.807, 2.05) is 6.20 Å². The molecule has 1 aromatic rings. The molecular formula is C15H28N2OSi. The Labute approximate surface area is 118 Å².